The van der Waals surface area contributed by atoms with Crippen LogP contribution in [0.5, 0.6) is 11.5 Å². The Balaban J connectivity index is 1.68. The topological polar surface area (TPSA) is 84.9 Å². The minimum absolute atomic E-state index is 0.0284. The Morgan fingerprint density at radius 3 is 2.48 bits per heavy atom. The van der Waals surface area contributed by atoms with E-state index in [1.807, 2.05) is 26.0 Å². The summed E-state index contributed by atoms with van der Waals surface area (Å²) in [6.45, 7) is 3.89. The summed E-state index contributed by atoms with van der Waals surface area (Å²) in [6, 6.07) is 14.8. The van der Waals surface area contributed by atoms with Crippen molar-refractivity contribution in [2.75, 3.05) is 29.4 Å². The molecule has 33 heavy (non-hydrogen) atoms. The molecule has 3 aromatic carbocycles. The van der Waals surface area contributed by atoms with Gasteiger partial charge in [-0.3, -0.25) is 9.10 Å². The van der Waals surface area contributed by atoms with Crippen LogP contribution in [-0.4, -0.2) is 34.1 Å². The van der Waals surface area contributed by atoms with E-state index in [1.165, 1.54) is 36.4 Å². The molecule has 1 aliphatic heterocycles. The average Bonchev–Trinajstić information content (AvgIpc) is 2.79. The van der Waals surface area contributed by atoms with Crippen molar-refractivity contribution in [1.29, 1.82) is 0 Å². The molecule has 0 atom stereocenters. The van der Waals surface area contributed by atoms with Crippen LogP contribution < -0.4 is 19.1 Å². The minimum atomic E-state index is -4.24. The van der Waals surface area contributed by atoms with Gasteiger partial charge < -0.3 is 14.8 Å². The highest BCUT2D eigenvalue weighted by Crippen LogP contribution is 2.34. The first kappa shape index (κ1) is 22.6. The number of nitrogens with one attached hydrogen (secondary N) is 1. The molecule has 1 heterocycles. The number of amides is 1. The molecule has 0 spiro atoms. The van der Waals surface area contributed by atoms with Crippen molar-refractivity contribution in [3.63, 3.8) is 0 Å². The molecule has 0 fully saturated rings. The first-order valence-electron chi connectivity index (χ1n) is 10.3. The van der Waals surface area contributed by atoms with Crippen LogP contribution in [0.1, 0.15) is 11.1 Å². The first-order valence-corrected chi connectivity index (χ1v) is 11.7. The maximum Gasteiger partial charge on any atom is 0.264 e. The molecule has 1 aliphatic rings. The second-order valence-corrected chi connectivity index (χ2v) is 9.53. The van der Waals surface area contributed by atoms with Crippen molar-refractivity contribution >= 4 is 27.3 Å². The molecular weight excluding hydrogens is 447 g/mol. The number of ether oxygens (including phenoxy) is 2. The van der Waals surface area contributed by atoms with Crippen LogP contribution in [0.2, 0.25) is 0 Å². The van der Waals surface area contributed by atoms with Gasteiger partial charge in [0.2, 0.25) is 5.91 Å². The molecule has 0 saturated heterocycles. The zero-order chi connectivity index (χ0) is 23.6. The SMILES string of the molecule is Cc1ccc(NC(=O)CN(c2cccc(F)c2)S(=O)(=O)c2ccc3c(c2)OCCO3)c(C)c1. The number of nitrogens with zero attached hydrogens (tertiary/aromatic N) is 1. The molecule has 0 unspecified atom stereocenters. The van der Waals surface area contributed by atoms with Crippen LogP contribution in [0, 0.1) is 19.7 Å². The highest BCUT2D eigenvalue weighted by atomic mass is 32.2. The lowest BCUT2D eigenvalue weighted by atomic mass is 10.1. The summed E-state index contributed by atoms with van der Waals surface area (Å²) in [5, 5.41) is 2.74. The second-order valence-electron chi connectivity index (χ2n) is 7.66. The highest BCUT2D eigenvalue weighted by molar-refractivity contribution is 7.92. The maximum absolute atomic E-state index is 14.0. The van der Waals surface area contributed by atoms with Crippen LogP contribution in [0.4, 0.5) is 15.8 Å². The number of hydrogen-bond acceptors (Lipinski definition) is 5. The molecule has 4 rings (SSSR count). The summed E-state index contributed by atoms with van der Waals surface area (Å²) in [6.07, 6.45) is 0. The third-order valence-corrected chi connectivity index (χ3v) is 6.91. The van der Waals surface area contributed by atoms with Gasteiger partial charge in [-0.25, -0.2) is 12.8 Å². The Kier molecular flexibility index (Phi) is 6.24. The van der Waals surface area contributed by atoms with Gasteiger partial charge in [0.1, 0.15) is 25.6 Å². The van der Waals surface area contributed by atoms with Gasteiger partial charge in [-0.1, -0.05) is 23.8 Å². The van der Waals surface area contributed by atoms with Crippen molar-refractivity contribution in [3.8, 4) is 11.5 Å². The number of carbonyl (C=O) groups excluding carboxylic acids is 1. The maximum atomic E-state index is 14.0. The fraction of sp³-hybridized carbons (Fsp3) is 0.208. The number of anilines is 2. The van der Waals surface area contributed by atoms with E-state index in [1.54, 1.807) is 6.07 Å². The predicted octanol–water partition coefficient (Wildman–Crippen LogP) is 4.05. The number of carbonyl (C=O) groups is 1. The van der Waals surface area contributed by atoms with E-state index in [0.29, 0.717) is 30.4 Å². The van der Waals surface area contributed by atoms with Crippen LogP contribution in [-0.2, 0) is 14.8 Å². The Morgan fingerprint density at radius 1 is 1.00 bits per heavy atom. The van der Waals surface area contributed by atoms with Crippen molar-refractivity contribution < 1.29 is 27.1 Å². The molecule has 1 amide bonds. The zero-order valence-corrected chi connectivity index (χ0v) is 19.0. The Hall–Kier alpha value is -3.59. The summed E-state index contributed by atoms with van der Waals surface area (Å²) in [5.74, 6) is -0.455. The van der Waals surface area contributed by atoms with Gasteiger partial charge >= 0.3 is 0 Å². The minimum Gasteiger partial charge on any atom is -0.486 e. The van der Waals surface area contributed by atoms with Crippen LogP contribution >= 0.6 is 0 Å². The number of benzene rings is 3. The predicted molar refractivity (Wildman–Crippen MR) is 123 cm³/mol. The number of halogens is 1. The van der Waals surface area contributed by atoms with Crippen molar-refractivity contribution in [3.05, 3.63) is 77.6 Å². The van der Waals surface area contributed by atoms with Gasteiger partial charge in [-0.05, 0) is 55.8 Å². The molecule has 0 saturated carbocycles. The first-order chi connectivity index (χ1) is 15.7. The lowest BCUT2D eigenvalue weighted by molar-refractivity contribution is -0.114. The van der Waals surface area contributed by atoms with Crippen LogP contribution in [0.3, 0.4) is 0 Å². The van der Waals surface area contributed by atoms with Gasteiger partial charge in [0.15, 0.2) is 11.5 Å². The summed E-state index contributed by atoms with van der Waals surface area (Å²) in [7, 11) is -4.24. The van der Waals surface area contributed by atoms with Gasteiger partial charge in [-0.2, -0.15) is 0 Å². The van der Waals surface area contributed by atoms with E-state index >= 15 is 0 Å². The monoisotopic (exact) mass is 470 g/mol. The summed E-state index contributed by atoms with van der Waals surface area (Å²) >= 11 is 0. The van der Waals surface area contributed by atoms with Crippen molar-refractivity contribution in [2.45, 2.75) is 18.7 Å². The van der Waals surface area contributed by atoms with Crippen LogP contribution in [0.25, 0.3) is 0 Å². The number of fused-ring (bicyclic) bond motifs is 1. The quantitative estimate of drug-likeness (QED) is 0.588. The smallest absolute Gasteiger partial charge is 0.264 e. The van der Waals surface area contributed by atoms with E-state index < -0.39 is 28.3 Å². The normalized spacial score (nSPS) is 12.8. The zero-order valence-electron chi connectivity index (χ0n) is 18.2. The Labute approximate surface area is 191 Å². The van der Waals surface area contributed by atoms with Crippen LogP contribution in [0.15, 0.2) is 65.6 Å². The van der Waals surface area contributed by atoms with Gasteiger partial charge in [0.05, 0.1) is 10.6 Å². The number of rotatable bonds is 6. The van der Waals surface area contributed by atoms with Crippen molar-refractivity contribution in [2.24, 2.45) is 0 Å². The molecule has 9 heteroatoms. The highest BCUT2D eigenvalue weighted by Gasteiger charge is 2.29. The third kappa shape index (κ3) is 4.93. The summed E-state index contributed by atoms with van der Waals surface area (Å²) in [4.78, 5) is 12.8. The molecule has 3 aromatic rings. The van der Waals surface area contributed by atoms with Gasteiger partial charge in [-0.15, -0.1) is 0 Å². The van der Waals surface area contributed by atoms with E-state index in [0.717, 1.165) is 21.5 Å². The Morgan fingerprint density at radius 2 is 1.76 bits per heavy atom. The fourth-order valence-corrected chi connectivity index (χ4v) is 4.96. The van der Waals surface area contributed by atoms with E-state index in [9.17, 15) is 17.6 Å². The number of hydrogen-bond donors (Lipinski definition) is 1. The van der Waals surface area contributed by atoms with Gasteiger partial charge in [0, 0.05) is 11.8 Å². The molecule has 0 aromatic heterocycles. The molecule has 0 aliphatic carbocycles. The lowest BCUT2D eigenvalue weighted by Crippen LogP contribution is -2.38. The molecule has 0 radical (unpaired) electrons. The van der Waals surface area contributed by atoms with Crippen molar-refractivity contribution in [1.82, 2.24) is 0 Å². The molecule has 172 valence electrons. The standard InChI is InChI=1S/C24H23FN2O5S/c1-16-6-8-21(17(2)12-16)26-24(28)15-27(19-5-3-4-18(25)13-19)33(29,30)20-7-9-22-23(14-20)32-11-10-31-22/h3-9,12-14H,10-11,15H2,1-2H3,(H,26,28). The van der Waals surface area contributed by atoms with Gasteiger partial charge in [0.25, 0.3) is 10.0 Å². The average molecular weight is 471 g/mol. The van der Waals surface area contributed by atoms with E-state index in [4.69, 9.17) is 9.47 Å². The summed E-state index contributed by atoms with van der Waals surface area (Å²) in [5.41, 5.74) is 2.48. The summed E-state index contributed by atoms with van der Waals surface area (Å²) < 4.78 is 52.9. The molecular formula is C24H23FN2O5S. The molecule has 0 bridgehead atoms. The van der Waals surface area contributed by atoms with E-state index in [-0.39, 0.29) is 10.6 Å². The molecule has 7 nitrogen and oxygen atoms in total. The van der Waals surface area contributed by atoms with E-state index in [2.05, 4.69) is 5.32 Å². The molecule has 1 N–H and O–H groups in total. The fourth-order valence-electron chi connectivity index (χ4n) is 3.53. The largest absolute Gasteiger partial charge is 0.486 e. The third-order valence-electron chi connectivity index (χ3n) is 5.14. The number of sulfonamides is 1. The Bertz CT molecular complexity index is 1310. The number of aryl methyl sites for hydroxylation is 2. The second kappa shape index (κ2) is 9.11. The lowest BCUT2D eigenvalue weighted by Gasteiger charge is -2.25.